The number of ether oxygens (including phenoxy) is 3. The van der Waals surface area contributed by atoms with Crippen molar-refractivity contribution in [1.29, 1.82) is 0 Å². The van der Waals surface area contributed by atoms with Crippen molar-refractivity contribution in [2.24, 2.45) is 0 Å². The van der Waals surface area contributed by atoms with Gasteiger partial charge in [-0.05, 0) is 36.4 Å². The number of non-ortho nitro benzene ring substituents is 1. The van der Waals surface area contributed by atoms with Crippen molar-refractivity contribution in [2.45, 2.75) is 0 Å². The lowest BCUT2D eigenvalue weighted by molar-refractivity contribution is -0.384. The van der Waals surface area contributed by atoms with E-state index in [1.807, 2.05) is 0 Å². The normalized spacial score (nSPS) is 10.1. The van der Waals surface area contributed by atoms with Crippen LogP contribution in [0.25, 0.3) is 0 Å². The lowest BCUT2D eigenvalue weighted by atomic mass is 10.1. The maximum absolute atomic E-state index is 12.6. The molecule has 170 valence electrons. The Labute approximate surface area is 189 Å². The number of hydrogen-bond donors (Lipinski definition) is 2. The van der Waals surface area contributed by atoms with Gasteiger partial charge in [0.25, 0.3) is 17.5 Å². The maximum Gasteiger partial charge on any atom is 0.271 e. The van der Waals surface area contributed by atoms with Crippen molar-refractivity contribution in [3.8, 4) is 17.2 Å². The summed E-state index contributed by atoms with van der Waals surface area (Å²) >= 11 is 0. The van der Waals surface area contributed by atoms with Gasteiger partial charge in [0.15, 0.2) is 18.1 Å². The number of anilines is 2. The average molecular weight is 451 g/mol. The van der Waals surface area contributed by atoms with Crippen molar-refractivity contribution >= 4 is 28.9 Å². The molecule has 33 heavy (non-hydrogen) atoms. The number of nitro groups is 1. The van der Waals surface area contributed by atoms with Crippen LogP contribution in [0.1, 0.15) is 10.4 Å². The second-order valence-corrected chi connectivity index (χ2v) is 6.66. The van der Waals surface area contributed by atoms with Gasteiger partial charge in [-0.1, -0.05) is 18.2 Å². The van der Waals surface area contributed by atoms with Crippen LogP contribution in [0.15, 0.2) is 66.7 Å². The van der Waals surface area contributed by atoms with Crippen LogP contribution in [0.2, 0.25) is 0 Å². The Hall–Kier alpha value is -4.60. The number of amides is 2. The molecule has 0 saturated heterocycles. The molecule has 0 radical (unpaired) electrons. The number of methoxy groups -OCH3 is 2. The number of carbonyl (C=O) groups excluding carboxylic acids is 2. The Morgan fingerprint density at radius 1 is 0.879 bits per heavy atom. The smallest absolute Gasteiger partial charge is 0.271 e. The highest BCUT2D eigenvalue weighted by Crippen LogP contribution is 2.29. The van der Waals surface area contributed by atoms with Crippen molar-refractivity contribution in [1.82, 2.24) is 0 Å². The Balaban J connectivity index is 1.65. The van der Waals surface area contributed by atoms with Gasteiger partial charge in [-0.2, -0.15) is 0 Å². The lowest BCUT2D eigenvalue weighted by Crippen LogP contribution is -2.20. The molecule has 2 N–H and O–H groups in total. The summed E-state index contributed by atoms with van der Waals surface area (Å²) in [4.78, 5) is 35.2. The van der Waals surface area contributed by atoms with E-state index in [2.05, 4.69) is 10.6 Å². The summed E-state index contributed by atoms with van der Waals surface area (Å²) in [7, 11) is 2.91. The minimum atomic E-state index is -0.547. The van der Waals surface area contributed by atoms with Crippen LogP contribution in [-0.4, -0.2) is 37.6 Å². The highest BCUT2D eigenvalue weighted by atomic mass is 16.6. The molecule has 10 heteroatoms. The van der Waals surface area contributed by atoms with Gasteiger partial charge in [0.2, 0.25) is 0 Å². The Morgan fingerprint density at radius 2 is 1.64 bits per heavy atom. The van der Waals surface area contributed by atoms with Crippen LogP contribution in [0.4, 0.5) is 17.1 Å². The first-order valence-electron chi connectivity index (χ1n) is 9.70. The van der Waals surface area contributed by atoms with Gasteiger partial charge >= 0.3 is 0 Å². The second-order valence-electron chi connectivity index (χ2n) is 6.66. The van der Waals surface area contributed by atoms with Gasteiger partial charge in [-0.3, -0.25) is 19.7 Å². The molecule has 0 spiro atoms. The zero-order valence-electron chi connectivity index (χ0n) is 17.9. The zero-order chi connectivity index (χ0) is 23.8. The average Bonchev–Trinajstić information content (AvgIpc) is 2.83. The van der Waals surface area contributed by atoms with E-state index in [0.717, 1.165) is 0 Å². The molecule has 0 heterocycles. The molecule has 0 saturated carbocycles. The van der Waals surface area contributed by atoms with Crippen LogP contribution < -0.4 is 24.8 Å². The van der Waals surface area contributed by atoms with Gasteiger partial charge in [0.1, 0.15) is 5.75 Å². The van der Waals surface area contributed by atoms with Crippen LogP contribution >= 0.6 is 0 Å². The van der Waals surface area contributed by atoms with Crippen molar-refractivity contribution in [3.63, 3.8) is 0 Å². The molecule has 0 fully saturated rings. The number of para-hydroxylation sites is 2. The SMILES string of the molecule is COc1ccccc1NC(=O)COc1ccc(C(=O)Nc2cccc([N+](=O)[O-])c2)cc1OC. The molecular formula is C23H21N3O7. The molecule has 0 aromatic heterocycles. The Kier molecular flexibility index (Phi) is 7.43. The molecule has 3 aromatic rings. The summed E-state index contributed by atoms with van der Waals surface area (Å²) in [6.45, 7) is -0.298. The van der Waals surface area contributed by atoms with Crippen molar-refractivity contribution in [2.75, 3.05) is 31.5 Å². The van der Waals surface area contributed by atoms with Gasteiger partial charge in [0, 0.05) is 23.4 Å². The van der Waals surface area contributed by atoms with Crippen LogP contribution in [0.3, 0.4) is 0 Å². The first-order valence-corrected chi connectivity index (χ1v) is 9.70. The van der Waals surface area contributed by atoms with E-state index in [1.165, 1.54) is 50.6 Å². The Bertz CT molecular complexity index is 1180. The molecule has 0 aliphatic rings. The number of hydrogen-bond acceptors (Lipinski definition) is 7. The second kappa shape index (κ2) is 10.6. The molecule has 0 bridgehead atoms. The highest BCUT2D eigenvalue weighted by Gasteiger charge is 2.15. The summed E-state index contributed by atoms with van der Waals surface area (Å²) in [6.07, 6.45) is 0. The summed E-state index contributed by atoms with van der Waals surface area (Å²) in [5.41, 5.74) is 0.889. The third-order valence-corrected chi connectivity index (χ3v) is 4.48. The van der Waals surface area contributed by atoms with Gasteiger partial charge in [0.05, 0.1) is 24.8 Å². The standard InChI is InChI=1S/C23H21N3O7/c1-31-19-9-4-3-8-18(19)25-22(27)14-33-20-11-10-15(12-21(20)32-2)23(28)24-16-6-5-7-17(13-16)26(29)30/h3-13H,14H2,1-2H3,(H,24,28)(H,25,27). The molecule has 0 aliphatic carbocycles. The number of benzene rings is 3. The molecule has 3 rings (SSSR count). The molecule has 10 nitrogen and oxygen atoms in total. The van der Waals surface area contributed by atoms with Gasteiger partial charge in [-0.25, -0.2) is 0 Å². The van der Waals surface area contributed by atoms with E-state index < -0.39 is 16.7 Å². The number of nitrogens with one attached hydrogen (secondary N) is 2. The van der Waals surface area contributed by atoms with E-state index in [4.69, 9.17) is 14.2 Å². The van der Waals surface area contributed by atoms with Crippen molar-refractivity contribution in [3.05, 3.63) is 82.4 Å². The van der Waals surface area contributed by atoms with E-state index in [-0.39, 0.29) is 35.0 Å². The number of carbonyl (C=O) groups is 2. The van der Waals surface area contributed by atoms with Crippen LogP contribution in [-0.2, 0) is 4.79 Å². The molecule has 0 atom stereocenters. The fourth-order valence-electron chi connectivity index (χ4n) is 2.91. The van der Waals surface area contributed by atoms with E-state index in [9.17, 15) is 19.7 Å². The topological polar surface area (TPSA) is 129 Å². The maximum atomic E-state index is 12.6. The van der Waals surface area contributed by atoms with E-state index in [0.29, 0.717) is 11.4 Å². The first kappa shape index (κ1) is 23.1. The number of nitro benzene ring substituents is 1. The molecule has 3 aromatic carbocycles. The third kappa shape index (κ3) is 5.97. The van der Waals surface area contributed by atoms with Gasteiger partial charge in [-0.15, -0.1) is 0 Å². The van der Waals surface area contributed by atoms with Crippen molar-refractivity contribution < 1.29 is 28.7 Å². The zero-order valence-corrected chi connectivity index (χ0v) is 17.9. The summed E-state index contributed by atoms with van der Waals surface area (Å²) < 4.78 is 16.0. The predicted molar refractivity (Wildman–Crippen MR) is 121 cm³/mol. The van der Waals surface area contributed by atoms with Crippen LogP contribution in [0.5, 0.6) is 17.2 Å². The van der Waals surface area contributed by atoms with E-state index >= 15 is 0 Å². The minimum Gasteiger partial charge on any atom is -0.495 e. The largest absolute Gasteiger partial charge is 0.495 e. The summed E-state index contributed by atoms with van der Waals surface area (Å²) in [5, 5.41) is 16.2. The summed E-state index contributed by atoms with van der Waals surface area (Å²) in [5.74, 6) is 0.122. The predicted octanol–water partition coefficient (Wildman–Crippen LogP) is 3.88. The van der Waals surface area contributed by atoms with Gasteiger partial charge < -0.3 is 24.8 Å². The Morgan fingerprint density at radius 3 is 2.36 bits per heavy atom. The first-order chi connectivity index (χ1) is 15.9. The highest BCUT2D eigenvalue weighted by molar-refractivity contribution is 6.04. The fraction of sp³-hybridized carbons (Fsp3) is 0.130. The molecule has 0 unspecified atom stereocenters. The third-order valence-electron chi connectivity index (χ3n) is 4.48. The number of nitrogens with zero attached hydrogens (tertiary/aromatic N) is 1. The lowest BCUT2D eigenvalue weighted by Gasteiger charge is -2.13. The minimum absolute atomic E-state index is 0.138. The quantitative estimate of drug-likeness (QED) is 0.373. The monoisotopic (exact) mass is 451 g/mol. The molecular weight excluding hydrogens is 430 g/mol. The molecule has 2 amide bonds. The van der Waals surface area contributed by atoms with E-state index in [1.54, 1.807) is 30.3 Å². The van der Waals surface area contributed by atoms with Crippen LogP contribution in [0, 0.1) is 10.1 Å². The fourth-order valence-corrected chi connectivity index (χ4v) is 2.91. The summed E-state index contributed by atoms with van der Waals surface area (Å²) in [6, 6.07) is 17.0. The molecule has 0 aliphatic heterocycles. The number of rotatable bonds is 9.